The number of anilines is 2. The molecule has 1 aromatic heterocycles. The van der Waals surface area contributed by atoms with Crippen molar-refractivity contribution in [2.75, 3.05) is 17.2 Å². The van der Waals surface area contributed by atoms with Crippen molar-refractivity contribution in [3.63, 3.8) is 0 Å². The molecule has 1 aliphatic rings. The lowest BCUT2D eigenvalue weighted by Crippen LogP contribution is -2.14. The molecular weight excluding hydrogens is 298 g/mol. The van der Waals surface area contributed by atoms with Gasteiger partial charge in [-0.15, -0.1) is 0 Å². The van der Waals surface area contributed by atoms with Crippen LogP contribution in [0.5, 0.6) is 0 Å². The molecule has 0 saturated carbocycles. The highest BCUT2D eigenvalue weighted by Gasteiger charge is 2.08. The molecule has 4 nitrogen and oxygen atoms in total. The second-order valence-corrected chi connectivity index (χ2v) is 6.03. The Kier molecular flexibility index (Phi) is 5.61. The molecule has 1 amide bonds. The second-order valence-electron chi connectivity index (χ2n) is 6.03. The monoisotopic (exact) mass is 321 g/mol. The molecule has 124 valence electrons. The highest BCUT2D eigenvalue weighted by atomic mass is 16.1. The van der Waals surface area contributed by atoms with E-state index in [2.05, 4.69) is 21.7 Å². The fourth-order valence-corrected chi connectivity index (χ4v) is 2.88. The summed E-state index contributed by atoms with van der Waals surface area (Å²) < 4.78 is 0. The molecule has 0 fully saturated rings. The zero-order valence-corrected chi connectivity index (χ0v) is 13.8. The lowest BCUT2D eigenvalue weighted by molar-refractivity contribution is 0.102. The Hall–Kier alpha value is -2.62. The predicted molar refractivity (Wildman–Crippen MR) is 98.3 cm³/mol. The fourth-order valence-electron chi connectivity index (χ4n) is 2.88. The maximum atomic E-state index is 12.3. The molecule has 3 rings (SSSR count). The third kappa shape index (κ3) is 4.69. The van der Waals surface area contributed by atoms with Crippen molar-refractivity contribution in [1.29, 1.82) is 0 Å². The van der Waals surface area contributed by atoms with Crippen molar-refractivity contribution in [3.05, 3.63) is 66.0 Å². The molecule has 2 aromatic rings. The predicted octanol–water partition coefficient (Wildman–Crippen LogP) is 4.64. The van der Waals surface area contributed by atoms with Gasteiger partial charge in [-0.1, -0.05) is 29.8 Å². The molecule has 0 spiro atoms. The van der Waals surface area contributed by atoms with Crippen LogP contribution in [0, 0.1) is 0 Å². The first-order valence-electron chi connectivity index (χ1n) is 8.55. The number of aromatic nitrogens is 1. The van der Waals surface area contributed by atoms with Gasteiger partial charge < -0.3 is 10.6 Å². The second kappa shape index (κ2) is 8.29. The summed E-state index contributed by atoms with van der Waals surface area (Å²) in [5.74, 6) is -0.195. The lowest BCUT2D eigenvalue weighted by atomic mass is 9.97. The van der Waals surface area contributed by atoms with E-state index in [0.29, 0.717) is 5.69 Å². The summed E-state index contributed by atoms with van der Waals surface area (Å²) in [6, 6.07) is 13.1. The van der Waals surface area contributed by atoms with Gasteiger partial charge in [0, 0.05) is 24.1 Å². The number of benzene rings is 1. The number of nitrogens with zero attached hydrogens (tertiary/aromatic N) is 1. The average Bonchev–Trinajstić information content (AvgIpc) is 2.64. The summed E-state index contributed by atoms with van der Waals surface area (Å²) in [6.07, 6.45) is 10.2. The van der Waals surface area contributed by atoms with E-state index in [4.69, 9.17) is 0 Å². The number of para-hydroxylation sites is 1. The Balaban J connectivity index is 1.55. The van der Waals surface area contributed by atoms with Gasteiger partial charge in [-0.25, -0.2) is 0 Å². The Morgan fingerprint density at radius 1 is 1.08 bits per heavy atom. The number of nitrogens with one attached hydrogen (secondary N) is 2. The van der Waals surface area contributed by atoms with Crippen molar-refractivity contribution >= 4 is 17.3 Å². The quantitative estimate of drug-likeness (QED) is 0.762. The zero-order chi connectivity index (χ0) is 16.6. The van der Waals surface area contributed by atoms with Gasteiger partial charge in [0.1, 0.15) is 5.69 Å². The molecule has 0 atom stereocenters. The molecule has 0 unspecified atom stereocenters. The summed E-state index contributed by atoms with van der Waals surface area (Å²) in [4.78, 5) is 16.4. The first-order chi connectivity index (χ1) is 11.8. The van der Waals surface area contributed by atoms with Crippen LogP contribution in [0.2, 0.25) is 0 Å². The maximum Gasteiger partial charge on any atom is 0.274 e. The van der Waals surface area contributed by atoms with Crippen molar-refractivity contribution < 1.29 is 4.79 Å². The van der Waals surface area contributed by atoms with Crippen molar-refractivity contribution in [2.45, 2.75) is 32.1 Å². The summed E-state index contributed by atoms with van der Waals surface area (Å²) >= 11 is 0. The van der Waals surface area contributed by atoms with Gasteiger partial charge in [0.2, 0.25) is 0 Å². The number of hydrogen-bond donors (Lipinski definition) is 2. The standard InChI is InChI=1S/C20H23N3O/c24-20(23-17-9-5-2-6-10-17)19-15-18(12-14-22-19)21-13-11-16-7-3-1-4-8-16/h2,5-7,9-10,12,14-15H,1,3-4,8,11,13H2,(H,21,22)(H,23,24). The van der Waals surface area contributed by atoms with E-state index in [0.717, 1.165) is 24.3 Å². The van der Waals surface area contributed by atoms with Crippen LogP contribution in [0.1, 0.15) is 42.6 Å². The Morgan fingerprint density at radius 2 is 1.96 bits per heavy atom. The van der Waals surface area contributed by atoms with E-state index in [1.54, 1.807) is 17.8 Å². The van der Waals surface area contributed by atoms with E-state index in [-0.39, 0.29) is 5.91 Å². The summed E-state index contributed by atoms with van der Waals surface area (Å²) in [5, 5.41) is 6.25. The van der Waals surface area contributed by atoms with E-state index in [1.807, 2.05) is 36.4 Å². The first-order valence-corrected chi connectivity index (χ1v) is 8.55. The van der Waals surface area contributed by atoms with Crippen LogP contribution in [0.25, 0.3) is 0 Å². The topological polar surface area (TPSA) is 54.0 Å². The molecule has 4 heteroatoms. The third-order valence-corrected chi connectivity index (χ3v) is 4.18. The number of pyridine rings is 1. The molecule has 24 heavy (non-hydrogen) atoms. The van der Waals surface area contributed by atoms with Crippen LogP contribution in [0.15, 0.2) is 60.3 Å². The minimum atomic E-state index is -0.195. The number of carbonyl (C=O) groups excluding carboxylic acids is 1. The van der Waals surface area contributed by atoms with Gasteiger partial charge in [0.25, 0.3) is 5.91 Å². The van der Waals surface area contributed by atoms with Gasteiger partial charge in [-0.2, -0.15) is 0 Å². The van der Waals surface area contributed by atoms with Crippen LogP contribution in [-0.2, 0) is 0 Å². The van der Waals surface area contributed by atoms with Crippen LogP contribution in [0.3, 0.4) is 0 Å². The molecule has 0 bridgehead atoms. The van der Waals surface area contributed by atoms with E-state index in [1.165, 1.54) is 25.7 Å². The number of hydrogen-bond acceptors (Lipinski definition) is 3. The molecule has 1 aromatic carbocycles. The maximum absolute atomic E-state index is 12.3. The van der Waals surface area contributed by atoms with Gasteiger partial charge in [-0.05, 0) is 56.4 Å². The largest absolute Gasteiger partial charge is 0.385 e. The van der Waals surface area contributed by atoms with Gasteiger partial charge >= 0.3 is 0 Å². The van der Waals surface area contributed by atoms with E-state index in [9.17, 15) is 4.79 Å². The number of allylic oxidation sites excluding steroid dienone is 1. The average molecular weight is 321 g/mol. The van der Waals surface area contributed by atoms with Gasteiger partial charge in [0.05, 0.1) is 0 Å². The van der Waals surface area contributed by atoms with Crippen molar-refractivity contribution in [2.24, 2.45) is 0 Å². The number of carbonyl (C=O) groups is 1. The van der Waals surface area contributed by atoms with Gasteiger partial charge in [0.15, 0.2) is 0 Å². The molecule has 2 N–H and O–H groups in total. The highest BCUT2D eigenvalue weighted by Crippen LogP contribution is 2.20. The van der Waals surface area contributed by atoms with Crippen molar-refractivity contribution in [3.8, 4) is 0 Å². The first kappa shape index (κ1) is 16.2. The number of rotatable bonds is 6. The molecule has 1 aliphatic carbocycles. The minimum Gasteiger partial charge on any atom is -0.385 e. The Bertz CT molecular complexity index is 710. The van der Waals surface area contributed by atoms with E-state index < -0.39 is 0 Å². The Morgan fingerprint density at radius 3 is 2.75 bits per heavy atom. The smallest absolute Gasteiger partial charge is 0.274 e. The number of amides is 1. The van der Waals surface area contributed by atoms with Crippen LogP contribution >= 0.6 is 0 Å². The van der Waals surface area contributed by atoms with Gasteiger partial charge in [-0.3, -0.25) is 9.78 Å². The molecular formula is C20H23N3O. The summed E-state index contributed by atoms with van der Waals surface area (Å²) in [6.45, 7) is 0.885. The van der Waals surface area contributed by atoms with Crippen LogP contribution in [-0.4, -0.2) is 17.4 Å². The molecule has 0 radical (unpaired) electrons. The summed E-state index contributed by atoms with van der Waals surface area (Å²) in [7, 11) is 0. The minimum absolute atomic E-state index is 0.195. The molecule has 0 saturated heterocycles. The van der Waals surface area contributed by atoms with Crippen molar-refractivity contribution in [1.82, 2.24) is 4.98 Å². The highest BCUT2D eigenvalue weighted by molar-refractivity contribution is 6.03. The zero-order valence-electron chi connectivity index (χ0n) is 13.8. The Labute approximate surface area is 143 Å². The fraction of sp³-hybridized carbons (Fsp3) is 0.300. The molecule has 0 aliphatic heterocycles. The third-order valence-electron chi connectivity index (χ3n) is 4.18. The SMILES string of the molecule is O=C(Nc1ccccc1)c1cc(NCCC2=CCCCC2)ccn1. The van der Waals surface area contributed by atoms with Crippen LogP contribution in [0.4, 0.5) is 11.4 Å². The molecule has 1 heterocycles. The lowest BCUT2D eigenvalue weighted by Gasteiger charge is -2.13. The van der Waals surface area contributed by atoms with Crippen LogP contribution < -0.4 is 10.6 Å². The van der Waals surface area contributed by atoms with E-state index >= 15 is 0 Å². The normalized spacial score (nSPS) is 13.9. The summed E-state index contributed by atoms with van der Waals surface area (Å²) in [5.41, 5.74) is 3.66.